The Labute approximate surface area is 140 Å². The van der Waals surface area contributed by atoms with Crippen molar-refractivity contribution in [2.75, 3.05) is 11.1 Å². The van der Waals surface area contributed by atoms with Crippen LogP contribution in [0.1, 0.15) is 15.9 Å². The second kappa shape index (κ2) is 6.27. The van der Waals surface area contributed by atoms with Gasteiger partial charge < -0.3 is 11.1 Å². The van der Waals surface area contributed by atoms with Crippen molar-refractivity contribution in [2.24, 2.45) is 0 Å². The number of carbonyl (C=O) groups excluding carboxylic acids is 1. The first-order chi connectivity index (χ1) is 11.8. The molecule has 2 aromatic heterocycles. The number of rotatable bonds is 3. The lowest BCUT2D eigenvalue weighted by molar-refractivity contribution is -0.137. The van der Waals surface area contributed by atoms with Crippen molar-refractivity contribution in [2.45, 2.75) is 6.18 Å². The molecule has 0 saturated heterocycles. The molecular weight excluding hydrogens is 335 g/mol. The van der Waals surface area contributed by atoms with Gasteiger partial charge >= 0.3 is 6.18 Å². The largest absolute Gasteiger partial charge is 0.416 e. The number of hydrogen-bond donors (Lipinski definition) is 2. The van der Waals surface area contributed by atoms with Crippen molar-refractivity contribution in [3.63, 3.8) is 0 Å². The number of nitrogens with two attached hydrogens (primary N) is 1. The van der Waals surface area contributed by atoms with E-state index in [0.29, 0.717) is 17.6 Å². The van der Waals surface area contributed by atoms with Crippen molar-refractivity contribution in [3.05, 3.63) is 66.1 Å². The normalized spacial score (nSPS) is 11.3. The summed E-state index contributed by atoms with van der Waals surface area (Å²) in [5.74, 6) is -0.231. The molecule has 0 radical (unpaired) electrons. The number of nitrogen functional groups attached to an aromatic ring is 1. The van der Waals surface area contributed by atoms with E-state index in [-0.39, 0.29) is 11.3 Å². The minimum Gasteiger partial charge on any atom is -0.398 e. The minimum atomic E-state index is -4.56. The lowest BCUT2D eigenvalue weighted by Crippen LogP contribution is -2.16. The summed E-state index contributed by atoms with van der Waals surface area (Å²) in [6.45, 7) is 0. The Hall–Kier alpha value is -3.36. The van der Waals surface area contributed by atoms with E-state index in [2.05, 4.69) is 15.4 Å². The molecule has 0 aliphatic heterocycles. The van der Waals surface area contributed by atoms with Crippen molar-refractivity contribution >= 4 is 17.3 Å². The van der Waals surface area contributed by atoms with Crippen LogP contribution in [0.3, 0.4) is 0 Å². The highest BCUT2D eigenvalue weighted by Crippen LogP contribution is 2.31. The van der Waals surface area contributed by atoms with Gasteiger partial charge in [-0.2, -0.15) is 18.3 Å². The van der Waals surface area contributed by atoms with Crippen molar-refractivity contribution in [1.82, 2.24) is 14.8 Å². The van der Waals surface area contributed by atoms with Crippen molar-refractivity contribution in [3.8, 4) is 5.82 Å². The van der Waals surface area contributed by atoms with E-state index in [1.807, 2.05) is 0 Å². The Balaban J connectivity index is 1.83. The van der Waals surface area contributed by atoms with E-state index in [1.165, 1.54) is 17.1 Å². The van der Waals surface area contributed by atoms with Gasteiger partial charge in [0.05, 0.1) is 29.2 Å². The van der Waals surface area contributed by atoms with E-state index in [1.54, 1.807) is 24.4 Å². The molecule has 0 atom stereocenters. The summed E-state index contributed by atoms with van der Waals surface area (Å²) in [7, 11) is 0. The number of halogens is 3. The van der Waals surface area contributed by atoms with Gasteiger partial charge in [-0.1, -0.05) is 6.07 Å². The Morgan fingerprint density at radius 2 is 2.00 bits per heavy atom. The molecule has 1 aromatic carbocycles. The molecule has 6 nitrogen and oxygen atoms in total. The predicted molar refractivity (Wildman–Crippen MR) is 85.2 cm³/mol. The van der Waals surface area contributed by atoms with E-state index < -0.39 is 17.6 Å². The number of anilines is 2. The highest BCUT2D eigenvalue weighted by molar-refractivity contribution is 6.07. The number of carbonyl (C=O) groups is 1. The topological polar surface area (TPSA) is 85.8 Å². The van der Waals surface area contributed by atoms with Crippen LogP contribution in [0.2, 0.25) is 0 Å². The Morgan fingerprint density at radius 1 is 1.20 bits per heavy atom. The van der Waals surface area contributed by atoms with E-state index in [9.17, 15) is 18.0 Å². The maximum absolute atomic E-state index is 12.8. The van der Waals surface area contributed by atoms with Crippen LogP contribution in [0.25, 0.3) is 5.82 Å². The van der Waals surface area contributed by atoms with Crippen molar-refractivity contribution in [1.29, 1.82) is 0 Å². The zero-order valence-corrected chi connectivity index (χ0v) is 12.7. The van der Waals surface area contributed by atoms with Gasteiger partial charge in [0.25, 0.3) is 5.91 Å². The van der Waals surface area contributed by atoms with E-state index in [4.69, 9.17) is 5.73 Å². The van der Waals surface area contributed by atoms with Crippen LogP contribution in [-0.2, 0) is 6.18 Å². The van der Waals surface area contributed by atoms with Gasteiger partial charge in [-0.15, -0.1) is 0 Å². The maximum Gasteiger partial charge on any atom is 0.416 e. The van der Waals surface area contributed by atoms with Gasteiger partial charge in [-0.3, -0.25) is 4.79 Å². The summed E-state index contributed by atoms with van der Waals surface area (Å²) < 4.78 is 39.8. The first-order valence-electron chi connectivity index (χ1n) is 7.09. The second-order valence-electron chi connectivity index (χ2n) is 5.12. The van der Waals surface area contributed by atoms with Crippen molar-refractivity contribution < 1.29 is 18.0 Å². The number of nitrogens with zero attached hydrogens (tertiary/aromatic N) is 3. The Kier molecular flexibility index (Phi) is 4.14. The molecule has 3 rings (SSSR count). The summed E-state index contributed by atoms with van der Waals surface area (Å²) in [4.78, 5) is 16.3. The number of hydrogen-bond acceptors (Lipinski definition) is 4. The van der Waals surface area contributed by atoms with Crippen LogP contribution >= 0.6 is 0 Å². The predicted octanol–water partition coefficient (Wildman–Crippen LogP) is 3.12. The molecule has 0 unspecified atom stereocenters. The fourth-order valence-electron chi connectivity index (χ4n) is 2.13. The molecule has 9 heteroatoms. The summed E-state index contributed by atoms with van der Waals surface area (Å²) in [6, 6.07) is 7.81. The van der Waals surface area contributed by atoms with Crippen LogP contribution in [0.15, 0.2) is 55.0 Å². The minimum absolute atomic E-state index is 0.0531. The third-order valence-corrected chi connectivity index (χ3v) is 3.35. The zero-order valence-electron chi connectivity index (χ0n) is 12.7. The van der Waals surface area contributed by atoms with Crippen LogP contribution in [0.4, 0.5) is 24.5 Å². The smallest absolute Gasteiger partial charge is 0.398 e. The molecule has 3 N–H and O–H groups in total. The molecule has 0 aliphatic rings. The number of pyridine rings is 1. The molecular formula is C16H12F3N5O. The summed E-state index contributed by atoms with van der Waals surface area (Å²) in [6.07, 6.45) is -0.133. The SMILES string of the molecule is Nc1ccc(C(F)(F)F)cc1C(=O)Nc1cnn(-c2ccccn2)c1. The van der Waals surface area contributed by atoms with Gasteiger partial charge in [0.15, 0.2) is 5.82 Å². The fraction of sp³-hybridized carbons (Fsp3) is 0.0625. The lowest BCUT2D eigenvalue weighted by atomic mass is 10.1. The fourth-order valence-corrected chi connectivity index (χ4v) is 2.13. The van der Waals surface area contributed by atoms with Gasteiger partial charge in [0.1, 0.15) is 0 Å². The van der Waals surface area contributed by atoms with E-state index >= 15 is 0 Å². The molecule has 2 heterocycles. The highest BCUT2D eigenvalue weighted by Gasteiger charge is 2.31. The number of benzene rings is 1. The summed E-state index contributed by atoms with van der Waals surface area (Å²) in [5.41, 5.74) is 4.66. The molecule has 0 spiro atoms. The standard InChI is InChI=1S/C16H12F3N5O/c17-16(18,19)10-4-5-13(20)12(7-10)15(25)23-11-8-22-24(9-11)14-3-1-2-6-21-14/h1-9H,20H2,(H,23,25). The monoisotopic (exact) mass is 347 g/mol. The zero-order chi connectivity index (χ0) is 18.0. The number of alkyl halides is 3. The molecule has 0 aliphatic carbocycles. The Bertz CT molecular complexity index is 906. The molecule has 128 valence electrons. The number of amides is 1. The Morgan fingerprint density at radius 3 is 2.68 bits per heavy atom. The molecule has 3 aromatic rings. The van der Waals surface area contributed by atoms with Gasteiger partial charge in [-0.05, 0) is 30.3 Å². The summed E-state index contributed by atoms with van der Waals surface area (Å²) in [5, 5.41) is 6.51. The van der Waals surface area contributed by atoms with Gasteiger partial charge in [0, 0.05) is 11.9 Å². The average Bonchev–Trinajstić information content (AvgIpc) is 3.03. The third kappa shape index (κ3) is 3.60. The average molecular weight is 347 g/mol. The highest BCUT2D eigenvalue weighted by atomic mass is 19.4. The molecule has 0 saturated carbocycles. The number of nitrogens with one attached hydrogen (secondary N) is 1. The first kappa shape index (κ1) is 16.5. The van der Waals surface area contributed by atoms with Gasteiger partial charge in [0.2, 0.25) is 0 Å². The summed E-state index contributed by atoms with van der Waals surface area (Å²) >= 11 is 0. The van der Waals surface area contributed by atoms with Crippen LogP contribution in [0.5, 0.6) is 0 Å². The molecule has 1 amide bonds. The molecule has 25 heavy (non-hydrogen) atoms. The van der Waals surface area contributed by atoms with Crippen LogP contribution in [-0.4, -0.2) is 20.7 Å². The third-order valence-electron chi connectivity index (χ3n) is 3.35. The van der Waals surface area contributed by atoms with Crippen LogP contribution < -0.4 is 11.1 Å². The first-order valence-corrected chi connectivity index (χ1v) is 7.09. The quantitative estimate of drug-likeness (QED) is 0.713. The number of aromatic nitrogens is 3. The van der Waals surface area contributed by atoms with Gasteiger partial charge in [-0.25, -0.2) is 9.67 Å². The molecule has 0 bridgehead atoms. The van der Waals surface area contributed by atoms with Crippen LogP contribution in [0, 0.1) is 0 Å². The second-order valence-corrected chi connectivity index (χ2v) is 5.12. The molecule has 0 fully saturated rings. The lowest BCUT2D eigenvalue weighted by Gasteiger charge is -2.10. The maximum atomic E-state index is 12.8. The van der Waals surface area contributed by atoms with E-state index in [0.717, 1.165) is 12.1 Å².